The number of Topliss-reactive ketones (excluding diaryl/α,β-unsaturated/α-hetero) is 1. The molecule has 0 bridgehead atoms. The minimum atomic E-state index is -1.15. The summed E-state index contributed by atoms with van der Waals surface area (Å²) in [6.07, 6.45) is 0. The molecule has 1 saturated heterocycles. The van der Waals surface area contributed by atoms with Crippen molar-refractivity contribution in [3.8, 4) is 11.5 Å². The largest absolute Gasteiger partial charge is 0.507 e. The van der Waals surface area contributed by atoms with E-state index in [1.54, 1.807) is 18.2 Å². The third-order valence-electron chi connectivity index (χ3n) is 6.40. The molecule has 1 N–H and O–H groups in total. The van der Waals surface area contributed by atoms with E-state index < -0.39 is 28.4 Å². The van der Waals surface area contributed by atoms with Crippen LogP contribution in [0, 0.1) is 17.0 Å². The van der Waals surface area contributed by atoms with Gasteiger partial charge in [0.15, 0.2) is 16.6 Å². The fourth-order valence-corrected chi connectivity index (χ4v) is 5.71. The fraction of sp³-hybridized carbons (Fsp3) is 0.148. The molecule has 1 fully saturated rings. The van der Waals surface area contributed by atoms with E-state index in [0.29, 0.717) is 30.2 Å². The zero-order valence-electron chi connectivity index (χ0n) is 20.3. The molecule has 1 amide bonds. The summed E-state index contributed by atoms with van der Waals surface area (Å²) < 4.78 is 12.0. The first-order valence-corrected chi connectivity index (χ1v) is 12.5. The number of nitro groups is 1. The Balaban J connectivity index is 0.00000308. The molecule has 39 heavy (non-hydrogen) atoms. The van der Waals surface area contributed by atoms with Crippen LogP contribution in [-0.2, 0) is 9.59 Å². The minimum absolute atomic E-state index is 0. The number of non-ortho nitro benzene ring substituents is 1. The molecular weight excluding hydrogens is 546 g/mol. The van der Waals surface area contributed by atoms with Gasteiger partial charge in [-0.3, -0.25) is 24.6 Å². The zero-order valence-corrected chi connectivity index (χ0v) is 22.0. The summed E-state index contributed by atoms with van der Waals surface area (Å²) in [7, 11) is 0. The Morgan fingerprint density at radius 2 is 1.85 bits per heavy atom. The average molecular weight is 566 g/mol. The zero-order chi connectivity index (χ0) is 26.6. The van der Waals surface area contributed by atoms with Gasteiger partial charge in [0.25, 0.3) is 11.5 Å². The molecule has 0 radical (unpaired) electrons. The molecule has 10 nitrogen and oxygen atoms in total. The van der Waals surface area contributed by atoms with E-state index in [-0.39, 0.29) is 39.9 Å². The highest BCUT2D eigenvalue weighted by Crippen LogP contribution is 2.45. The van der Waals surface area contributed by atoms with Gasteiger partial charge in [-0.2, -0.15) is 0 Å². The number of aliphatic hydroxyl groups is 1. The van der Waals surface area contributed by atoms with Crippen molar-refractivity contribution in [3.63, 3.8) is 0 Å². The average Bonchev–Trinajstić information content (AvgIpc) is 3.45. The molecule has 198 valence electrons. The Labute approximate surface area is 231 Å². The van der Waals surface area contributed by atoms with Crippen LogP contribution in [0.5, 0.6) is 11.5 Å². The summed E-state index contributed by atoms with van der Waals surface area (Å²) >= 11 is 1.22. The molecule has 0 spiro atoms. The van der Waals surface area contributed by atoms with E-state index in [9.17, 15) is 24.8 Å². The fourth-order valence-electron chi connectivity index (χ4n) is 4.62. The number of rotatable bonds is 4. The Bertz CT molecular complexity index is 1700. The van der Waals surface area contributed by atoms with Crippen LogP contribution in [0.3, 0.4) is 0 Å². The number of carbonyl (C=O) groups is 2. The molecular formula is C27H20ClN3O7S. The molecule has 6 rings (SSSR count). The first-order chi connectivity index (χ1) is 18.3. The molecule has 12 heteroatoms. The Kier molecular flexibility index (Phi) is 6.71. The molecule has 1 unspecified atom stereocenters. The summed E-state index contributed by atoms with van der Waals surface area (Å²) in [5.74, 6) is -1.37. The van der Waals surface area contributed by atoms with Crippen molar-refractivity contribution >= 4 is 62.2 Å². The standard InChI is InChI=1S/C27H19N3O7S.ClH/c1-14-5-7-18-21(11-14)38-27(28-18)29-23(15-3-2-4-17(12-15)30(34)35)22(25(32)26(29)33)24(31)16-6-8-19-20(13-16)37-10-9-36-19;/h2-8,11-13,23,31H,9-10H2,1H3;1H/b24-22+;. The normalized spacial score (nSPS) is 17.8. The van der Waals surface area contributed by atoms with E-state index in [0.717, 1.165) is 10.3 Å². The second kappa shape index (κ2) is 10.0. The van der Waals surface area contributed by atoms with Crippen molar-refractivity contribution in [1.29, 1.82) is 0 Å². The monoisotopic (exact) mass is 565 g/mol. The topological polar surface area (TPSA) is 132 Å². The predicted octanol–water partition coefficient (Wildman–Crippen LogP) is 5.33. The van der Waals surface area contributed by atoms with Crippen LogP contribution < -0.4 is 14.4 Å². The van der Waals surface area contributed by atoms with Gasteiger partial charge in [-0.05, 0) is 48.4 Å². The van der Waals surface area contributed by atoms with Gasteiger partial charge >= 0.3 is 5.91 Å². The second-order valence-corrected chi connectivity index (χ2v) is 9.86. The van der Waals surface area contributed by atoms with E-state index in [1.807, 2.05) is 25.1 Å². The lowest BCUT2D eigenvalue weighted by Crippen LogP contribution is -2.29. The maximum Gasteiger partial charge on any atom is 0.301 e. The smallest absolute Gasteiger partial charge is 0.301 e. The summed E-state index contributed by atoms with van der Waals surface area (Å²) in [6, 6.07) is 14.8. The number of carbonyl (C=O) groups excluding carboxylic acids is 2. The number of aryl methyl sites for hydroxylation is 1. The Hall–Kier alpha value is -4.48. The lowest BCUT2D eigenvalue weighted by atomic mass is 9.95. The summed E-state index contributed by atoms with van der Waals surface area (Å²) in [6.45, 7) is 2.64. The van der Waals surface area contributed by atoms with Gasteiger partial charge in [0.2, 0.25) is 0 Å². The molecule has 0 saturated carbocycles. The van der Waals surface area contributed by atoms with Crippen molar-refractivity contribution in [2.24, 2.45) is 0 Å². The van der Waals surface area contributed by atoms with E-state index in [1.165, 1.54) is 40.5 Å². The van der Waals surface area contributed by atoms with Gasteiger partial charge in [-0.1, -0.05) is 29.5 Å². The van der Waals surface area contributed by atoms with Crippen LogP contribution >= 0.6 is 23.7 Å². The predicted molar refractivity (Wildman–Crippen MR) is 147 cm³/mol. The third kappa shape index (κ3) is 4.45. The molecule has 3 heterocycles. The second-order valence-electron chi connectivity index (χ2n) is 8.85. The van der Waals surface area contributed by atoms with Gasteiger partial charge < -0.3 is 14.6 Å². The van der Waals surface area contributed by atoms with Gasteiger partial charge in [0.1, 0.15) is 19.0 Å². The number of fused-ring (bicyclic) bond motifs is 2. The summed E-state index contributed by atoms with van der Waals surface area (Å²) in [4.78, 5) is 43.6. The first-order valence-electron chi connectivity index (χ1n) is 11.6. The minimum Gasteiger partial charge on any atom is -0.507 e. The molecule has 0 aliphatic carbocycles. The maximum atomic E-state index is 13.5. The van der Waals surface area contributed by atoms with E-state index in [2.05, 4.69) is 4.98 Å². The number of anilines is 1. The van der Waals surface area contributed by atoms with Crippen LogP contribution in [0.25, 0.3) is 16.0 Å². The number of thiazole rings is 1. The number of hydrogen-bond donors (Lipinski definition) is 1. The van der Waals surface area contributed by atoms with Crippen molar-refractivity contribution in [1.82, 2.24) is 4.98 Å². The van der Waals surface area contributed by atoms with Gasteiger partial charge in [0, 0.05) is 17.7 Å². The summed E-state index contributed by atoms with van der Waals surface area (Å²) in [5, 5.41) is 23.2. The number of aliphatic hydroxyl groups excluding tert-OH is 1. The maximum absolute atomic E-state index is 13.5. The highest BCUT2D eigenvalue weighted by molar-refractivity contribution is 7.22. The number of benzene rings is 3. The highest BCUT2D eigenvalue weighted by Gasteiger charge is 2.48. The first kappa shape index (κ1) is 26.1. The van der Waals surface area contributed by atoms with Crippen LogP contribution in [-0.4, -0.2) is 39.9 Å². The van der Waals surface area contributed by atoms with Crippen molar-refractivity contribution < 1.29 is 29.1 Å². The lowest BCUT2D eigenvalue weighted by molar-refractivity contribution is -0.384. The van der Waals surface area contributed by atoms with Crippen molar-refractivity contribution in [2.45, 2.75) is 13.0 Å². The summed E-state index contributed by atoms with van der Waals surface area (Å²) in [5.41, 5.74) is 1.75. The number of ether oxygens (including phenoxy) is 2. The lowest BCUT2D eigenvalue weighted by Gasteiger charge is -2.23. The molecule has 1 atom stereocenters. The number of ketones is 1. The number of nitro benzene ring substituents is 1. The quantitative estimate of drug-likeness (QED) is 0.115. The van der Waals surface area contributed by atoms with Crippen LogP contribution in [0.1, 0.15) is 22.7 Å². The molecule has 2 aliphatic heterocycles. The molecule has 4 aromatic rings. The highest BCUT2D eigenvalue weighted by atomic mass is 35.5. The Morgan fingerprint density at radius 3 is 2.62 bits per heavy atom. The van der Waals surface area contributed by atoms with Crippen LogP contribution in [0.2, 0.25) is 0 Å². The number of amides is 1. The van der Waals surface area contributed by atoms with Gasteiger partial charge in [0.05, 0.1) is 26.8 Å². The molecule has 1 aromatic heterocycles. The number of halogens is 1. The van der Waals surface area contributed by atoms with E-state index >= 15 is 0 Å². The number of nitrogens with zero attached hydrogens (tertiary/aromatic N) is 3. The van der Waals surface area contributed by atoms with Gasteiger partial charge in [-0.25, -0.2) is 4.98 Å². The molecule has 3 aromatic carbocycles. The third-order valence-corrected chi connectivity index (χ3v) is 7.41. The SMILES string of the molecule is Cc1ccc2nc(N3C(=O)C(=O)/C(=C(/O)c4ccc5c(c4)OCCO5)C3c3cccc([N+](=O)[O-])c3)sc2c1.Cl. The van der Waals surface area contributed by atoms with Crippen LogP contribution in [0.4, 0.5) is 10.8 Å². The number of hydrogen-bond acceptors (Lipinski definition) is 9. The number of aromatic nitrogens is 1. The van der Waals surface area contributed by atoms with Crippen LogP contribution in [0.15, 0.2) is 66.2 Å². The molecule has 2 aliphatic rings. The van der Waals surface area contributed by atoms with Gasteiger partial charge in [-0.15, -0.1) is 12.4 Å². The van der Waals surface area contributed by atoms with E-state index in [4.69, 9.17) is 9.47 Å². The van der Waals surface area contributed by atoms with Crippen molar-refractivity contribution in [2.75, 3.05) is 18.1 Å². The Morgan fingerprint density at radius 1 is 1.08 bits per heavy atom. The van der Waals surface area contributed by atoms with Crippen molar-refractivity contribution in [3.05, 3.63) is 93.0 Å².